The van der Waals surface area contributed by atoms with Crippen molar-refractivity contribution in [3.63, 3.8) is 0 Å². The molecule has 26 heavy (non-hydrogen) atoms. The zero-order chi connectivity index (χ0) is 18.1. The summed E-state index contributed by atoms with van der Waals surface area (Å²) in [4.78, 5) is 8.82. The maximum atomic E-state index is 5.10. The molecule has 0 aliphatic carbocycles. The van der Waals surface area contributed by atoms with Crippen molar-refractivity contribution in [2.75, 3.05) is 44.1 Å². The van der Waals surface area contributed by atoms with Gasteiger partial charge in [-0.05, 0) is 25.0 Å². The van der Waals surface area contributed by atoms with Gasteiger partial charge in [-0.25, -0.2) is 4.98 Å². The van der Waals surface area contributed by atoms with Gasteiger partial charge in [0.1, 0.15) is 12.4 Å². The zero-order valence-electron chi connectivity index (χ0n) is 15.2. The molecule has 0 unspecified atom stereocenters. The molecule has 0 aromatic carbocycles. The van der Waals surface area contributed by atoms with E-state index in [1.165, 1.54) is 11.5 Å². The van der Waals surface area contributed by atoms with E-state index in [0.29, 0.717) is 12.5 Å². The molecule has 4 rings (SSSR count). The van der Waals surface area contributed by atoms with E-state index in [1.807, 2.05) is 35.6 Å². The minimum Gasteiger partial charge on any atom is -0.377 e. The lowest BCUT2D eigenvalue weighted by atomic mass is 9.96. The van der Waals surface area contributed by atoms with Crippen molar-refractivity contribution in [1.82, 2.24) is 29.2 Å². The Balaban J connectivity index is 1.49. The minimum absolute atomic E-state index is 0.345. The summed E-state index contributed by atoms with van der Waals surface area (Å²) in [6.45, 7) is 2.31. The lowest BCUT2D eigenvalue weighted by Gasteiger charge is -2.30. The van der Waals surface area contributed by atoms with Crippen LogP contribution in [-0.4, -0.2) is 63.5 Å². The quantitative estimate of drug-likeness (QED) is 0.665. The number of nitrogens with zero attached hydrogens (tertiary/aromatic N) is 8. The first kappa shape index (κ1) is 17.1. The van der Waals surface area contributed by atoms with E-state index < -0.39 is 0 Å². The number of methoxy groups -OCH3 is 1. The maximum Gasteiger partial charge on any atom is 0.205 e. The summed E-state index contributed by atoms with van der Waals surface area (Å²) in [5.41, 5.74) is 0.793. The molecule has 1 aliphatic rings. The topological polar surface area (TPSA) is 84.6 Å². The van der Waals surface area contributed by atoms with Crippen LogP contribution in [0.15, 0.2) is 12.1 Å². The number of rotatable bonds is 5. The van der Waals surface area contributed by atoms with Crippen LogP contribution in [0.25, 0.3) is 5.65 Å². The van der Waals surface area contributed by atoms with Gasteiger partial charge in [0.15, 0.2) is 17.3 Å². The predicted octanol–water partition coefficient (Wildman–Crippen LogP) is 1.57. The van der Waals surface area contributed by atoms with Crippen LogP contribution in [0.2, 0.25) is 0 Å². The zero-order valence-corrected chi connectivity index (χ0v) is 16.0. The first-order valence-electron chi connectivity index (χ1n) is 8.62. The van der Waals surface area contributed by atoms with Crippen molar-refractivity contribution >= 4 is 28.1 Å². The number of hydrogen-bond acceptors (Lipinski definition) is 9. The van der Waals surface area contributed by atoms with Gasteiger partial charge in [-0.1, -0.05) is 0 Å². The second kappa shape index (κ2) is 7.12. The summed E-state index contributed by atoms with van der Waals surface area (Å²) in [6, 6.07) is 3.93. The van der Waals surface area contributed by atoms with Crippen molar-refractivity contribution in [2.24, 2.45) is 0 Å². The first-order valence-corrected chi connectivity index (χ1v) is 9.39. The van der Waals surface area contributed by atoms with Crippen molar-refractivity contribution in [2.45, 2.75) is 25.4 Å². The monoisotopic (exact) mass is 374 g/mol. The molecular formula is C16H22N8OS. The molecule has 0 N–H and O–H groups in total. The van der Waals surface area contributed by atoms with Crippen LogP contribution < -0.4 is 9.80 Å². The van der Waals surface area contributed by atoms with Gasteiger partial charge in [0, 0.05) is 51.7 Å². The van der Waals surface area contributed by atoms with Gasteiger partial charge < -0.3 is 14.5 Å². The molecule has 0 radical (unpaired) electrons. The highest BCUT2D eigenvalue weighted by molar-refractivity contribution is 7.09. The van der Waals surface area contributed by atoms with E-state index in [-0.39, 0.29) is 0 Å². The highest BCUT2D eigenvalue weighted by atomic mass is 32.1. The fraction of sp³-hybridized carbons (Fsp3) is 0.562. The van der Waals surface area contributed by atoms with E-state index in [1.54, 1.807) is 7.11 Å². The molecule has 0 bridgehead atoms. The van der Waals surface area contributed by atoms with E-state index in [2.05, 4.69) is 29.6 Å². The Labute approximate surface area is 155 Å². The molecular weight excluding hydrogens is 352 g/mol. The number of aromatic nitrogens is 6. The lowest BCUT2D eigenvalue weighted by molar-refractivity contribution is 0.179. The van der Waals surface area contributed by atoms with Crippen LogP contribution in [0.1, 0.15) is 30.4 Å². The largest absolute Gasteiger partial charge is 0.377 e. The van der Waals surface area contributed by atoms with Crippen molar-refractivity contribution in [3.8, 4) is 0 Å². The molecule has 0 spiro atoms. The van der Waals surface area contributed by atoms with Crippen LogP contribution in [-0.2, 0) is 11.3 Å². The standard InChI is InChI=1S/C16H22N8OS/c1-22(2)14-5-4-13-18-19-15(24(13)20-14)11-6-8-23(9-7-11)16-17-12(10-25-3)21-26-16/h4-5,11H,6-10H2,1-3H3. The number of hydrogen-bond donors (Lipinski definition) is 0. The Hall–Kier alpha value is -2.33. The summed E-state index contributed by atoms with van der Waals surface area (Å²) in [5, 5.41) is 14.3. The van der Waals surface area contributed by atoms with Crippen LogP contribution in [0.5, 0.6) is 0 Å². The van der Waals surface area contributed by atoms with E-state index >= 15 is 0 Å². The predicted molar refractivity (Wildman–Crippen MR) is 99.9 cm³/mol. The highest BCUT2D eigenvalue weighted by Crippen LogP contribution is 2.30. The van der Waals surface area contributed by atoms with Crippen molar-refractivity contribution in [3.05, 3.63) is 23.8 Å². The van der Waals surface area contributed by atoms with Crippen molar-refractivity contribution < 1.29 is 4.74 Å². The smallest absolute Gasteiger partial charge is 0.205 e. The Morgan fingerprint density at radius 1 is 1.23 bits per heavy atom. The van der Waals surface area contributed by atoms with E-state index in [4.69, 9.17) is 4.74 Å². The third kappa shape index (κ3) is 3.21. The summed E-state index contributed by atoms with van der Waals surface area (Å²) >= 11 is 1.44. The molecule has 1 aliphatic heterocycles. The Morgan fingerprint density at radius 2 is 2.04 bits per heavy atom. The molecule has 3 aromatic heterocycles. The molecule has 4 heterocycles. The van der Waals surface area contributed by atoms with Crippen LogP contribution >= 0.6 is 11.5 Å². The van der Waals surface area contributed by atoms with Gasteiger partial charge >= 0.3 is 0 Å². The minimum atomic E-state index is 0.345. The maximum absolute atomic E-state index is 5.10. The van der Waals surface area contributed by atoms with E-state index in [9.17, 15) is 0 Å². The molecule has 3 aromatic rings. The molecule has 138 valence electrons. The molecule has 0 atom stereocenters. The Morgan fingerprint density at radius 3 is 2.77 bits per heavy atom. The molecule has 1 saturated heterocycles. The molecule has 9 nitrogen and oxygen atoms in total. The number of piperidine rings is 1. The number of anilines is 2. The third-order valence-corrected chi connectivity index (χ3v) is 5.41. The van der Waals surface area contributed by atoms with Gasteiger partial charge in [0.2, 0.25) is 5.13 Å². The van der Waals surface area contributed by atoms with Gasteiger partial charge in [-0.2, -0.15) is 8.89 Å². The fourth-order valence-corrected chi connectivity index (χ4v) is 3.90. The SMILES string of the molecule is COCc1nsc(N2CCC(c3nnc4ccc(N(C)C)nn34)CC2)n1. The molecule has 10 heteroatoms. The van der Waals surface area contributed by atoms with Crippen LogP contribution in [0.4, 0.5) is 10.9 Å². The first-order chi connectivity index (χ1) is 12.7. The molecule has 0 amide bonds. The fourth-order valence-electron chi connectivity index (χ4n) is 3.18. The summed E-state index contributed by atoms with van der Waals surface area (Å²) < 4.78 is 11.3. The van der Waals surface area contributed by atoms with Gasteiger partial charge in [-0.3, -0.25) is 0 Å². The van der Waals surface area contributed by atoms with Gasteiger partial charge in [0.05, 0.1) is 0 Å². The average molecular weight is 374 g/mol. The summed E-state index contributed by atoms with van der Waals surface area (Å²) in [7, 11) is 5.62. The molecule has 1 fully saturated rings. The highest BCUT2D eigenvalue weighted by Gasteiger charge is 2.26. The Bertz CT molecular complexity index is 883. The number of fused-ring (bicyclic) bond motifs is 1. The molecule has 0 saturated carbocycles. The summed E-state index contributed by atoms with van der Waals surface area (Å²) in [5.74, 6) is 2.94. The Kier molecular flexibility index (Phi) is 4.68. The van der Waals surface area contributed by atoms with E-state index in [0.717, 1.165) is 54.2 Å². The van der Waals surface area contributed by atoms with Crippen LogP contribution in [0, 0.1) is 0 Å². The lowest BCUT2D eigenvalue weighted by Crippen LogP contribution is -2.33. The second-order valence-electron chi connectivity index (χ2n) is 6.60. The van der Waals surface area contributed by atoms with Crippen molar-refractivity contribution in [1.29, 1.82) is 0 Å². The normalized spacial score (nSPS) is 15.7. The average Bonchev–Trinajstić information content (AvgIpc) is 3.28. The van der Waals surface area contributed by atoms with Gasteiger partial charge in [-0.15, -0.1) is 15.3 Å². The third-order valence-electron chi connectivity index (χ3n) is 4.59. The summed E-state index contributed by atoms with van der Waals surface area (Å²) in [6.07, 6.45) is 1.99. The van der Waals surface area contributed by atoms with Crippen LogP contribution in [0.3, 0.4) is 0 Å². The number of ether oxygens (including phenoxy) is 1. The second-order valence-corrected chi connectivity index (χ2v) is 7.33. The van der Waals surface area contributed by atoms with Gasteiger partial charge in [0.25, 0.3) is 0 Å².